The molecule has 0 fully saturated rings. The summed E-state index contributed by atoms with van der Waals surface area (Å²) in [6.45, 7) is 0.361. The number of rotatable bonds is 6. The van der Waals surface area contributed by atoms with Crippen molar-refractivity contribution in [3.05, 3.63) is 74.0 Å². The quantitative estimate of drug-likeness (QED) is 0.639. The normalized spacial score (nSPS) is 10.8. The molecule has 8 heteroatoms. The molecule has 0 bridgehead atoms. The van der Waals surface area contributed by atoms with Crippen molar-refractivity contribution in [2.75, 3.05) is 7.05 Å². The molecule has 0 aliphatic carbocycles. The van der Waals surface area contributed by atoms with Crippen LogP contribution in [0, 0.1) is 15.9 Å². The van der Waals surface area contributed by atoms with E-state index in [1.54, 1.807) is 18.0 Å². The lowest BCUT2D eigenvalue weighted by molar-refractivity contribution is -0.385. The largest absolute Gasteiger partial charge is 0.366 e. The third-order valence-corrected chi connectivity index (χ3v) is 3.85. The van der Waals surface area contributed by atoms with Gasteiger partial charge in [0.05, 0.1) is 4.92 Å². The van der Waals surface area contributed by atoms with Gasteiger partial charge in [-0.2, -0.15) is 0 Å². The Balaban J connectivity index is 2.24. The van der Waals surface area contributed by atoms with Crippen molar-refractivity contribution in [1.29, 1.82) is 0 Å². The average molecular weight is 352 g/mol. The van der Waals surface area contributed by atoms with Gasteiger partial charge in [-0.3, -0.25) is 19.8 Å². The van der Waals surface area contributed by atoms with Crippen LogP contribution in [0.3, 0.4) is 0 Å². The van der Waals surface area contributed by atoms with Gasteiger partial charge in [-0.15, -0.1) is 0 Å². The molecule has 2 rings (SSSR count). The summed E-state index contributed by atoms with van der Waals surface area (Å²) in [4.78, 5) is 23.5. The second-order valence-electron chi connectivity index (χ2n) is 5.34. The molecule has 0 aliphatic heterocycles. The van der Waals surface area contributed by atoms with E-state index in [4.69, 9.17) is 17.3 Å². The number of benzene rings is 2. The van der Waals surface area contributed by atoms with Gasteiger partial charge >= 0.3 is 0 Å². The molecule has 0 heterocycles. The van der Waals surface area contributed by atoms with Gasteiger partial charge in [-0.1, -0.05) is 23.7 Å². The maximum Gasteiger partial charge on any atom is 0.274 e. The second kappa shape index (κ2) is 7.37. The molecule has 2 N–H and O–H groups in total. The van der Waals surface area contributed by atoms with E-state index < -0.39 is 16.6 Å². The maximum atomic E-state index is 13.8. The molecule has 0 spiro atoms. The molecule has 0 aliphatic rings. The molecule has 24 heavy (non-hydrogen) atoms. The highest BCUT2D eigenvalue weighted by atomic mass is 35.5. The Morgan fingerprint density at radius 2 is 2.04 bits per heavy atom. The number of carbonyl (C=O) groups is 1. The van der Waals surface area contributed by atoms with Crippen LogP contribution in [0.5, 0.6) is 0 Å². The zero-order chi connectivity index (χ0) is 17.9. The third kappa shape index (κ3) is 4.06. The summed E-state index contributed by atoms with van der Waals surface area (Å²) in [5, 5.41) is 11.5. The van der Waals surface area contributed by atoms with E-state index in [0.29, 0.717) is 16.1 Å². The van der Waals surface area contributed by atoms with Crippen LogP contribution >= 0.6 is 11.6 Å². The van der Waals surface area contributed by atoms with E-state index in [-0.39, 0.29) is 24.3 Å². The molecule has 6 nitrogen and oxygen atoms in total. The summed E-state index contributed by atoms with van der Waals surface area (Å²) in [7, 11) is 1.69. The van der Waals surface area contributed by atoms with Crippen LogP contribution in [0.25, 0.3) is 0 Å². The standard InChI is InChI=1S/C16H15ClFN3O3/c1-20(9-12-13(17)3-2-4-14(12)18)8-11-6-5-10(16(19)22)7-15(11)21(23)24/h2-7H,8-9H2,1H3,(H2,19,22). The van der Waals surface area contributed by atoms with Crippen LogP contribution in [0.1, 0.15) is 21.5 Å². The number of halogens is 2. The van der Waals surface area contributed by atoms with Crippen molar-refractivity contribution in [1.82, 2.24) is 4.90 Å². The van der Waals surface area contributed by atoms with Gasteiger partial charge in [0.2, 0.25) is 5.91 Å². The molecular weight excluding hydrogens is 337 g/mol. The molecule has 2 aromatic rings. The number of carbonyl (C=O) groups excluding carboxylic acids is 1. The van der Waals surface area contributed by atoms with Crippen molar-refractivity contribution in [3.8, 4) is 0 Å². The second-order valence-corrected chi connectivity index (χ2v) is 5.74. The lowest BCUT2D eigenvalue weighted by atomic mass is 10.1. The van der Waals surface area contributed by atoms with Crippen molar-refractivity contribution < 1.29 is 14.1 Å². The van der Waals surface area contributed by atoms with E-state index >= 15 is 0 Å². The average Bonchev–Trinajstić information content (AvgIpc) is 2.51. The van der Waals surface area contributed by atoms with Gasteiger partial charge in [0.1, 0.15) is 5.82 Å². The summed E-state index contributed by atoms with van der Waals surface area (Å²) in [5.74, 6) is -1.18. The predicted molar refractivity (Wildman–Crippen MR) is 88.2 cm³/mol. The van der Waals surface area contributed by atoms with Crippen LogP contribution in [0.2, 0.25) is 5.02 Å². The van der Waals surface area contributed by atoms with Crippen molar-refractivity contribution >= 4 is 23.2 Å². The Bertz CT molecular complexity index is 778. The number of nitro groups is 1. The molecule has 0 saturated carbocycles. The first kappa shape index (κ1) is 17.8. The zero-order valence-electron chi connectivity index (χ0n) is 12.8. The highest BCUT2D eigenvalue weighted by molar-refractivity contribution is 6.31. The Hall–Kier alpha value is -2.51. The van der Waals surface area contributed by atoms with Crippen molar-refractivity contribution in [2.45, 2.75) is 13.1 Å². The molecule has 0 unspecified atom stereocenters. The number of nitro benzene ring substituents is 1. The fourth-order valence-corrected chi connectivity index (χ4v) is 2.54. The summed E-state index contributed by atoms with van der Waals surface area (Å²) in [6, 6.07) is 8.43. The third-order valence-electron chi connectivity index (χ3n) is 3.50. The fourth-order valence-electron chi connectivity index (χ4n) is 2.32. The molecule has 0 radical (unpaired) electrons. The maximum absolute atomic E-state index is 13.8. The van der Waals surface area contributed by atoms with E-state index in [1.807, 2.05) is 0 Å². The Morgan fingerprint density at radius 3 is 2.62 bits per heavy atom. The number of primary amides is 1. The number of nitrogens with zero attached hydrogens (tertiary/aromatic N) is 2. The van der Waals surface area contributed by atoms with Gasteiger partial charge in [-0.25, -0.2) is 4.39 Å². The van der Waals surface area contributed by atoms with Gasteiger partial charge in [0.25, 0.3) is 5.69 Å². The van der Waals surface area contributed by atoms with E-state index in [2.05, 4.69) is 0 Å². The lowest BCUT2D eigenvalue weighted by Gasteiger charge is -2.18. The Kier molecular flexibility index (Phi) is 5.48. The highest BCUT2D eigenvalue weighted by Crippen LogP contribution is 2.24. The summed E-state index contributed by atoms with van der Waals surface area (Å²) >= 11 is 5.99. The van der Waals surface area contributed by atoms with E-state index in [0.717, 1.165) is 6.07 Å². The summed E-state index contributed by atoms with van der Waals surface area (Å²) in [5.41, 5.74) is 5.70. The van der Waals surface area contributed by atoms with Gasteiger partial charge in [-0.05, 0) is 25.2 Å². The molecule has 1 amide bonds. The van der Waals surface area contributed by atoms with Gasteiger partial charge in [0.15, 0.2) is 0 Å². The number of nitrogens with two attached hydrogens (primary N) is 1. The minimum absolute atomic E-state index is 0.0604. The summed E-state index contributed by atoms with van der Waals surface area (Å²) in [6.07, 6.45) is 0. The minimum Gasteiger partial charge on any atom is -0.366 e. The topological polar surface area (TPSA) is 89.5 Å². The number of amides is 1. The first-order valence-corrected chi connectivity index (χ1v) is 7.36. The van der Waals surface area contributed by atoms with Crippen molar-refractivity contribution in [2.24, 2.45) is 5.73 Å². The molecule has 2 aromatic carbocycles. The number of hydrogen-bond acceptors (Lipinski definition) is 4. The number of hydrogen-bond donors (Lipinski definition) is 1. The minimum atomic E-state index is -0.740. The van der Waals surface area contributed by atoms with E-state index in [9.17, 15) is 19.3 Å². The first-order valence-electron chi connectivity index (χ1n) is 6.98. The van der Waals surface area contributed by atoms with Gasteiger partial charge < -0.3 is 5.73 Å². The zero-order valence-corrected chi connectivity index (χ0v) is 13.6. The molecule has 0 atom stereocenters. The van der Waals surface area contributed by atoms with Gasteiger partial charge in [0, 0.05) is 40.9 Å². The monoisotopic (exact) mass is 351 g/mol. The van der Waals surface area contributed by atoms with Crippen LogP contribution < -0.4 is 5.73 Å². The van der Waals surface area contributed by atoms with Crippen LogP contribution in [-0.4, -0.2) is 22.8 Å². The predicted octanol–water partition coefficient (Wildman–Crippen LogP) is 3.12. The van der Waals surface area contributed by atoms with Crippen LogP contribution in [0.15, 0.2) is 36.4 Å². The molecule has 0 aromatic heterocycles. The van der Waals surface area contributed by atoms with Crippen molar-refractivity contribution in [3.63, 3.8) is 0 Å². The smallest absolute Gasteiger partial charge is 0.274 e. The lowest BCUT2D eigenvalue weighted by Crippen LogP contribution is -2.19. The molecular formula is C16H15ClFN3O3. The van der Waals surface area contributed by atoms with E-state index in [1.165, 1.54) is 24.3 Å². The molecule has 0 saturated heterocycles. The SMILES string of the molecule is CN(Cc1ccc(C(N)=O)cc1[N+](=O)[O-])Cc1c(F)cccc1Cl. The van der Waals surface area contributed by atoms with Crippen LogP contribution in [-0.2, 0) is 13.1 Å². The van der Waals surface area contributed by atoms with Crippen LogP contribution in [0.4, 0.5) is 10.1 Å². The summed E-state index contributed by atoms with van der Waals surface area (Å²) < 4.78 is 13.8. The first-order chi connectivity index (χ1) is 11.3. The fraction of sp³-hybridized carbons (Fsp3) is 0.188. The Morgan fingerprint density at radius 1 is 1.33 bits per heavy atom. The highest BCUT2D eigenvalue weighted by Gasteiger charge is 2.18. The molecule has 126 valence electrons. The Labute approximate surface area is 142 Å².